The molecule has 2 rings (SSSR count). The Bertz CT molecular complexity index is 235. The lowest BCUT2D eigenvalue weighted by Gasteiger charge is -2.42. The van der Waals surface area contributed by atoms with Crippen molar-refractivity contribution in [2.24, 2.45) is 0 Å². The van der Waals surface area contributed by atoms with E-state index in [1.807, 2.05) is 0 Å². The lowest BCUT2D eigenvalue weighted by Crippen LogP contribution is -2.68. The Balaban J connectivity index is 1.77. The number of hydrogen-bond acceptors (Lipinski definition) is 4. The first-order chi connectivity index (χ1) is 7.20. The molecule has 15 heavy (non-hydrogen) atoms. The van der Waals surface area contributed by atoms with Gasteiger partial charge in [-0.25, -0.2) is 0 Å². The molecule has 1 saturated heterocycles. The van der Waals surface area contributed by atoms with Crippen molar-refractivity contribution in [2.45, 2.75) is 43.7 Å². The Labute approximate surface area is 89.1 Å². The fourth-order valence-corrected chi connectivity index (χ4v) is 2.16. The van der Waals surface area contributed by atoms with Gasteiger partial charge in [0.05, 0.1) is 18.1 Å². The standard InChI is InChI=1S/C10H18N2O3/c13-9(14)5-10(6-11-7-10)12-15-8-3-1-2-4-8/h8,11-12H,1-7H2,(H,13,14). The van der Waals surface area contributed by atoms with Crippen molar-refractivity contribution in [3.05, 3.63) is 0 Å². The molecule has 0 bridgehead atoms. The monoisotopic (exact) mass is 214 g/mol. The maximum atomic E-state index is 10.7. The number of rotatable bonds is 5. The largest absolute Gasteiger partial charge is 0.481 e. The van der Waals surface area contributed by atoms with Gasteiger partial charge in [-0.15, -0.1) is 0 Å². The average Bonchev–Trinajstić information content (AvgIpc) is 2.61. The Morgan fingerprint density at radius 1 is 1.47 bits per heavy atom. The Morgan fingerprint density at radius 3 is 2.60 bits per heavy atom. The van der Waals surface area contributed by atoms with Gasteiger partial charge in [-0.3, -0.25) is 9.63 Å². The molecule has 5 nitrogen and oxygen atoms in total. The van der Waals surface area contributed by atoms with E-state index in [9.17, 15) is 4.79 Å². The summed E-state index contributed by atoms with van der Waals surface area (Å²) in [5.74, 6) is -0.779. The Kier molecular flexibility index (Phi) is 3.23. The highest BCUT2D eigenvalue weighted by molar-refractivity contribution is 5.68. The number of hydrogen-bond donors (Lipinski definition) is 3. The second kappa shape index (κ2) is 4.47. The molecule has 0 spiro atoms. The van der Waals surface area contributed by atoms with Crippen LogP contribution in [0.1, 0.15) is 32.1 Å². The molecule has 1 saturated carbocycles. The van der Waals surface area contributed by atoms with Crippen LogP contribution in [-0.4, -0.2) is 35.8 Å². The van der Waals surface area contributed by atoms with Gasteiger partial charge in [-0.2, -0.15) is 5.48 Å². The van der Waals surface area contributed by atoms with E-state index in [2.05, 4.69) is 10.8 Å². The van der Waals surface area contributed by atoms with Crippen molar-refractivity contribution in [3.8, 4) is 0 Å². The summed E-state index contributed by atoms with van der Waals surface area (Å²) < 4.78 is 0. The number of nitrogens with one attached hydrogen (secondary N) is 2. The highest BCUT2D eigenvalue weighted by Gasteiger charge is 2.40. The summed E-state index contributed by atoms with van der Waals surface area (Å²) in [7, 11) is 0. The first kappa shape index (κ1) is 10.9. The first-order valence-electron chi connectivity index (χ1n) is 5.56. The van der Waals surface area contributed by atoms with Crippen LogP contribution in [0.4, 0.5) is 0 Å². The van der Waals surface area contributed by atoms with E-state index in [-0.39, 0.29) is 18.1 Å². The number of carbonyl (C=O) groups is 1. The van der Waals surface area contributed by atoms with Gasteiger partial charge in [0.2, 0.25) is 0 Å². The third-order valence-corrected chi connectivity index (χ3v) is 3.16. The van der Waals surface area contributed by atoms with Crippen LogP contribution >= 0.6 is 0 Å². The smallest absolute Gasteiger partial charge is 0.305 e. The molecular formula is C10H18N2O3. The van der Waals surface area contributed by atoms with E-state index in [0.29, 0.717) is 13.1 Å². The van der Waals surface area contributed by atoms with E-state index < -0.39 is 5.97 Å². The molecule has 0 aromatic carbocycles. The zero-order valence-electron chi connectivity index (χ0n) is 8.79. The Hall–Kier alpha value is -0.650. The lowest BCUT2D eigenvalue weighted by molar-refractivity contribution is -0.145. The second-order valence-electron chi connectivity index (χ2n) is 4.58. The van der Waals surface area contributed by atoms with Crippen LogP contribution in [0.25, 0.3) is 0 Å². The fraction of sp³-hybridized carbons (Fsp3) is 0.900. The maximum Gasteiger partial charge on any atom is 0.305 e. The van der Waals surface area contributed by atoms with Crippen molar-refractivity contribution < 1.29 is 14.7 Å². The second-order valence-corrected chi connectivity index (χ2v) is 4.58. The minimum absolute atomic E-state index is 0.118. The lowest BCUT2D eigenvalue weighted by atomic mass is 9.90. The van der Waals surface area contributed by atoms with Crippen LogP contribution in [0, 0.1) is 0 Å². The van der Waals surface area contributed by atoms with Gasteiger partial charge in [0, 0.05) is 13.1 Å². The molecule has 1 heterocycles. The predicted octanol–water partition coefficient (Wildman–Crippen LogP) is 0.267. The van der Waals surface area contributed by atoms with Crippen molar-refractivity contribution >= 4 is 5.97 Å². The summed E-state index contributed by atoms with van der Waals surface area (Å²) in [5, 5.41) is 11.9. The van der Waals surface area contributed by atoms with Crippen LogP contribution < -0.4 is 10.8 Å². The molecule has 0 atom stereocenters. The van der Waals surface area contributed by atoms with Crippen molar-refractivity contribution in [1.82, 2.24) is 10.8 Å². The van der Waals surface area contributed by atoms with Gasteiger partial charge < -0.3 is 10.4 Å². The third-order valence-electron chi connectivity index (χ3n) is 3.16. The van der Waals surface area contributed by atoms with Crippen LogP contribution in [0.15, 0.2) is 0 Å². The summed E-state index contributed by atoms with van der Waals surface area (Å²) in [6.07, 6.45) is 5.00. The van der Waals surface area contributed by atoms with Gasteiger partial charge in [-0.1, -0.05) is 12.8 Å². The molecule has 1 aliphatic carbocycles. The molecular weight excluding hydrogens is 196 g/mol. The van der Waals surface area contributed by atoms with Crippen LogP contribution in [0.3, 0.4) is 0 Å². The molecule has 0 amide bonds. The van der Waals surface area contributed by atoms with Gasteiger partial charge in [0.15, 0.2) is 0 Å². The van der Waals surface area contributed by atoms with Gasteiger partial charge in [-0.05, 0) is 12.8 Å². The van der Waals surface area contributed by atoms with Crippen LogP contribution in [0.5, 0.6) is 0 Å². The quantitative estimate of drug-likeness (QED) is 0.573. The summed E-state index contributed by atoms with van der Waals surface area (Å²) in [6, 6.07) is 0. The highest BCUT2D eigenvalue weighted by atomic mass is 16.7. The Morgan fingerprint density at radius 2 is 2.13 bits per heavy atom. The molecule has 3 N–H and O–H groups in total. The number of carboxylic acids is 1. The molecule has 5 heteroatoms. The van der Waals surface area contributed by atoms with E-state index >= 15 is 0 Å². The van der Waals surface area contributed by atoms with E-state index in [4.69, 9.17) is 9.94 Å². The molecule has 86 valence electrons. The average molecular weight is 214 g/mol. The summed E-state index contributed by atoms with van der Waals surface area (Å²) in [4.78, 5) is 16.2. The minimum Gasteiger partial charge on any atom is -0.481 e. The molecule has 1 aliphatic heterocycles. The SMILES string of the molecule is O=C(O)CC1(NOC2CCCC2)CNC1. The summed E-state index contributed by atoms with van der Waals surface area (Å²) in [5.41, 5.74) is 2.58. The fourth-order valence-electron chi connectivity index (χ4n) is 2.16. The molecule has 2 fully saturated rings. The third kappa shape index (κ3) is 2.68. The number of hydroxylamine groups is 1. The summed E-state index contributed by atoms with van der Waals surface area (Å²) in [6.45, 7) is 1.35. The van der Waals surface area contributed by atoms with Crippen molar-refractivity contribution in [2.75, 3.05) is 13.1 Å². The van der Waals surface area contributed by atoms with Gasteiger partial charge in [0.25, 0.3) is 0 Å². The van der Waals surface area contributed by atoms with E-state index in [1.54, 1.807) is 0 Å². The number of aliphatic carboxylic acids is 1. The molecule has 0 aromatic heterocycles. The normalized spacial score (nSPS) is 25.1. The van der Waals surface area contributed by atoms with Crippen molar-refractivity contribution in [3.63, 3.8) is 0 Å². The topological polar surface area (TPSA) is 70.6 Å². The van der Waals surface area contributed by atoms with Gasteiger partial charge >= 0.3 is 5.97 Å². The van der Waals surface area contributed by atoms with E-state index in [1.165, 1.54) is 12.8 Å². The molecule has 0 unspecified atom stereocenters. The maximum absolute atomic E-state index is 10.7. The zero-order chi connectivity index (χ0) is 10.7. The number of carboxylic acid groups (broad SMARTS) is 1. The van der Waals surface area contributed by atoms with Gasteiger partial charge in [0.1, 0.15) is 0 Å². The van der Waals surface area contributed by atoms with Crippen molar-refractivity contribution in [1.29, 1.82) is 0 Å². The van der Waals surface area contributed by atoms with Crippen LogP contribution in [-0.2, 0) is 9.63 Å². The molecule has 0 radical (unpaired) electrons. The molecule has 2 aliphatic rings. The molecule has 0 aromatic rings. The predicted molar refractivity (Wildman–Crippen MR) is 54.3 cm³/mol. The minimum atomic E-state index is -0.779. The highest BCUT2D eigenvalue weighted by Crippen LogP contribution is 2.22. The summed E-state index contributed by atoms with van der Waals surface area (Å²) >= 11 is 0. The zero-order valence-corrected chi connectivity index (χ0v) is 8.79. The first-order valence-corrected chi connectivity index (χ1v) is 5.56. The van der Waals surface area contributed by atoms with E-state index in [0.717, 1.165) is 12.8 Å². The van der Waals surface area contributed by atoms with Crippen LogP contribution in [0.2, 0.25) is 0 Å².